The van der Waals surface area contributed by atoms with E-state index in [-0.39, 0.29) is 17.9 Å². The van der Waals surface area contributed by atoms with Gasteiger partial charge in [-0.3, -0.25) is 14.6 Å². The standard InChI is InChI=1S/C23H25N5O2/c1-23(22(30)25-17-8-2-3-9-17)15-27-19-11-5-4-10-18(19)26-20(27)21(29)28(23)14-16-7-6-12-24-13-16/h4-7,10-13,17H,2-3,8-9,14-15H2,1H3,(H,25,30). The Morgan fingerprint density at radius 3 is 2.77 bits per heavy atom. The molecule has 1 saturated carbocycles. The van der Waals surface area contributed by atoms with E-state index in [1.807, 2.05) is 47.9 Å². The summed E-state index contributed by atoms with van der Waals surface area (Å²) in [4.78, 5) is 37.5. The lowest BCUT2D eigenvalue weighted by atomic mass is 9.94. The van der Waals surface area contributed by atoms with Gasteiger partial charge in [-0.2, -0.15) is 0 Å². The average Bonchev–Trinajstić information content (AvgIpc) is 3.40. The van der Waals surface area contributed by atoms with Crippen LogP contribution in [0.15, 0.2) is 48.8 Å². The number of imidazole rings is 1. The summed E-state index contributed by atoms with van der Waals surface area (Å²) in [5.74, 6) is 0.0479. The van der Waals surface area contributed by atoms with Crippen molar-refractivity contribution in [2.24, 2.45) is 0 Å². The highest BCUT2D eigenvalue weighted by Gasteiger charge is 2.48. The number of rotatable bonds is 4. The van der Waals surface area contributed by atoms with Gasteiger partial charge in [-0.1, -0.05) is 31.0 Å². The fourth-order valence-electron chi connectivity index (χ4n) is 4.66. The maximum Gasteiger partial charge on any atom is 0.291 e. The van der Waals surface area contributed by atoms with Gasteiger partial charge in [-0.25, -0.2) is 4.98 Å². The molecule has 3 heterocycles. The smallest absolute Gasteiger partial charge is 0.291 e. The molecule has 1 aliphatic carbocycles. The Balaban J connectivity index is 1.57. The van der Waals surface area contributed by atoms with E-state index in [9.17, 15) is 9.59 Å². The predicted molar refractivity (Wildman–Crippen MR) is 113 cm³/mol. The summed E-state index contributed by atoms with van der Waals surface area (Å²) >= 11 is 0. The topological polar surface area (TPSA) is 80.1 Å². The van der Waals surface area contributed by atoms with Gasteiger partial charge in [0.05, 0.1) is 17.6 Å². The van der Waals surface area contributed by atoms with Crippen LogP contribution < -0.4 is 5.32 Å². The van der Waals surface area contributed by atoms with Crippen molar-refractivity contribution in [3.05, 3.63) is 60.2 Å². The van der Waals surface area contributed by atoms with Crippen LogP contribution in [0.5, 0.6) is 0 Å². The van der Waals surface area contributed by atoms with Crippen molar-refractivity contribution in [3.8, 4) is 0 Å². The van der Waals surface area contributed by atoms with Crippen molar-refractivity contribution in [2.75, 3.05) is 0 Å². The normalized spacial score (nSPS) is 21.8. The first-order valence-corrected chi connectivity index (χ1v) is 10.5. The Morgan fingerprint density at radius 2 is 2.00 bits per heavy atom. The second kappa shape index (κ2) is 7.23. The van der Waals surface area contributed by atoms with Crippen LogP contribution in [-0.4, -0.2) is 42.8 Å². The van der Waals surface area contributed by atoms with Gasteiger partial charge in [0.1, 0.15) is 5.54 Å². The third-order valence-corrected chi connectivity index (χ3v) is 6.40. The molecule has 1 atom stereocenters. The van der Waals surface area contributed by atoms with Crippen molar-refractivity contribution < 1.29 is 9.59 Å². The number of carbonyl (C=O) groups is 2. The zero-order valence-electron chi connectivity index (χ0n) is 17.0. The number of pyridine rings is 1. The Bertz CT molecular complexity index is 1100. The molecule has 154 valence electrons. The molecule has 5 rings (SSSR count). The maximum absolute atomic E-state index is 13.6. The molecular formula is C23H25N5O2. The molecule has 1 aromatic carbocycles. The number of amides is 2. The summed E-state index contributed by atoms with van der Waals surface area (Å²) in [5, 5.41) is 3.21. The summed E-state index contributed by atoms with van der Waals surface area (Å²) in [7, 11) is 0. The molecule has 2 aromatic heterocycles. The molecule has 7 heteroatoms. The van der Waals surface area contributed by atoms with Gasteiger partial charge in [0, 0.05) is 25.0 Å². The monoisotopic (exact) mass is 403 g/mol. The number of fused-ring (bicyclic) bond motifs is 3. The molecular weight excluding hydrogens is 378 g/mol. The van der Waals surface area contributed by atoms with Crippen LogP contribution in [0.25, 0.3) is 11.0 Å². The van der Waals surface area contributed by atoms with Gasteiger partial charge in [-0.15, -0.1) is 0 Å². The molecule has 7 nitrogen and oxygen atoms in total. The van der Waals surface area contributed by atoms with Gasteiger partial charge in [0.2, 0.25) is 5.91 Å². The number of nitrogens with zero attached hydrogens (tertiary/aromatic N) is 4. The van der Waals surface area contributed by atoms with E-state index in [2.05, 4.69) is 15.3 Å². The van der Waals surface area contributed by atoms with Crippen LogP contribution in [0.2, 0.25) is 0 Å². The van der Waals surface area contributed by atoms with E-state index in [4.69, 9.17) is 0 Å². The van der Waals surface area contributed by atoms with Crippen molar-refractivity contribution in [3.63, 3.8) is 0 Å². The van der Waals surface area contributed by atoms with Gasteiger partial charge in [0.15, 0.2) is 5.82 Å². The zero-order valence-corrected chi connectivity index (χ0v) is 17.0. The van der Waals surface area contributed by atoms with Crippen molar-refractivity contribution in [1.29, 1.82) is 0 Å². The van der Waals surface area contributed by atoms with Gasteiger partial charge in [-0.05, 0) is 43.5 Å². The van der Waals surface area contributed by atoms with Crippen LogP contribution in [0.3, 0.4) is 0 Å². The maximum atomic E-state index is 13.6. The molecule has 0 radical (unpaired) electrons. The molecule has 1 fully saturated rings. The van der Waals surface area contributed by atoms with Gasteiger partial charge < -0.3 is 14.8 Å². The number of benzene rings is 1. The minimum atomic E-state index is -1.02. The van der Waals surface area contributed by atoms with E-state index in [0.29, 0.717) is 18.9 Å². The Morgan fingerprint density at radius 1 is 1.20 bits per heavy atom. The molecule has 1 aliphatic heterocycles. The average molecular weight is 403 g/mol. The summed E-state index contributed by atoms with van der Waals surface area (Å²) in [6.45, 7) is 2.54. The highest BCUT2D eigenvalue weighted by molar-refractivity contribution is 6.01. The quantitative estimate of drug-likeness (QED) is 0.726. The molecule has 0 spiro atoms. The van der Waals surface area contributed by atoms with Gasteiger partial charge in [0.25, 0.3) is 5.91 Å². The Kier molecular flexibility index (Phi) is 4.53. The number of hydrogen-bond acceptors (Lipinski definition) is 4. The fraction of sp³-hybridized carbons (Fsp3) is 0.391. The lowest BCUT2D eigenvalue weighted by Crippen LogP contribution is -2.64. The third kappa shape index (κ3) is 3.05. The summed E-state index contributed by atoms with van der Waals surface area (Å²) in [6.07, 6.45) is 7.70. The Labute approximate surface area is 175 Å². The number of hydrogen-bond donors (Lipinski definition) is 1. The minimum absolute atomic E-state index is 0.102. The van der Waals surface area contributed by atoms with Crippen molar-refractivity contribution in [2.45, 2.75) is 57.3 Å². The van der Waals surface area contributed by atoms with Crippen molar-refractivity contribution >= 4 is 22.8 Å². The lowest BCUT2D eigenvalue weighted by Gasteiger charge is -2.44. The SMILES string of the molecule is CC1(C(=O)NC2CCCC2)Cn2c(nc3ccccc32)C(=O)N1Cc1cccnc1. The largest absolute Gasteiger partial charge is 0.351 e. The molecule has 3 aromatic rings. The molecule has 0 saturated heterocycles. The summed E-state index contributed by atoms with van der Waals surface area (Å²) in [6, 6.07) is 11.6. The van der Waals surface area contributed by atoms with Gasteiger partial charge >= 0.3 is 0 Å². The molecule has 0 bridgehead atoms. The van der Waals surface area contributed by atoms with Crippen LogP contribution >= 0.6 is 0 Å². The predicted octanol–water partition coefficient (Wildman–Crippen LogP) is 2.90. The number of para-hydroxylation sites is 2. The second-order valence-electron chi connectivity index (χ2n) is 8.49. The molecule has 30 heavy (non-hydrogen) atoms. The number of nitrogens with one attached hydrogen (secondary N) is 1. The highest BCUT2D eigenvalue weighted by atomic mass is 16.2. The van der Waals surface area contributed by atoms with E-state index in [0.717, 1.165) is 42.3 Å². The second-order valence-corrected chi connectivity index (χ2v) is 8.49. The molecule has 1 N–H and O–H groups in total. The van der Waals surface area contributed by atoms with Crippen LogP contribution in [0.4, 0.5) is 0 Å². The van der Waals surface area contributed by atoms with E-state index >= 15 is 0 Å². The minimum Gasteiger partial charge on any atom is -0.351 e. The van der Waals surface area contributed by atoms with Crippen LogP contribution in [0, 0.1) is 0 Å². The lowest BCUT2D eigenvalue weighted by molar-refractivity contribution is -0.133. The first-order chi connectivity index (χ1) is 14.6. The van der Waals surface area contributed by atoms with Crippen LogP contribution in [0.1, 0.15) is 48.8 Å². The highest BCUT2D eigenvalue weighted by Crippen LogP contribution is 2.32. The zero-order chi connectivity index (χ0) is 20.7. The van der Waals surface area contributed by atoms with Crippen LogP contribution in [-0.2, 0) is 17.9 Å². The van der Waals surface area contributed by atoms with E-state index in [1.54, 1.807) is 17.3 Å². The Hall–Kier alpha value is -3.22. The van der Waals surface area contributed by atoms with Crippen molar-refractivity contribution in [1.82, 2.24) is 24.8 Å². The fourth-order valence-corrected chi connectivity index (χ4v) is 4.66. The summed E-state index contributed by atoms with van der Waals surface area (Å²) in [5.41, 5.74) is 1.51. The molecule has 2 aliphatic rings. The van der Waals surface area contributed by atoms with E-state index < -0.39 is 5.54 Å². The molecule has 2 amide bonds. The number of carbonyl (C=O) groups excluding carboxylic acids is 2. The third-order valence-electron chi connectivity index (χ3n) is 6.40. The first kappa shape index (κ1) is 18.8. The first-order valence-electron chi connectivity index (χ1n) is 10.5. The van der Waals surface area contributed by atoms with E-state index in [1.165, 1.54) is 0 Å². The number of aromatic nitrogens is 3. The molecule has 1 unspecified atom stereocenters. The summed E-state index contributed by atoms with van der Waals surface area (Å²) < 4.78 is 1.89.